The van der Waals surface area contributed by atoms with Gasteiger partial charge in [0.2, 0.25) is 0 Å². The Kier molecular flexibility index (Phi) is 6.01. The van der Waals surface area contributed by atoms with E-state index in [4.69, 9.17) is 16.6 Å². The van der Waals surface area contributed by atoms with Crippen LogP contribution in [0.4, 0.5) is 0 Å². The number of nitrogens with one attached hydrogen (secondary N) is 1. The normalized spacial score (nSPS) is 25.8. The van der Waals surface area contributed by atoms with E-state index in [2.05, 4.69) is 11.4 Å². The van der Waals surface area contributed by atoms with Gasteiger partial charge in [-0.15, -0.1) is 12.4 Å². The maximum absolute atomic E-state index is 11.6. The van der Waals surface area contributed by atoms with Gasteiger partial charge >= 0.3 is 5.97 Å². The van der Waals surface area contributed by atoms with Gasteiger partial charge in [0.05, 0.1) is 17.5 Å². The molecule has 1 aromatic rings. The van der Waals surface area contributed by atoms with Gasteiger partial charge in [-0.05, 0) is 50.1 Å². The van der Waals surface area contributed by atoms with Crippen LogP contribution in [-0.4, -0.2) is 23.7 Å². The molecule has 1 saturated heterocycles. The summed E-state index contributed by atoms with van der Waals surface area (Å²) in [6, 6.07) is 5.83. The van der Waals surface area contributed by atoms with Crippen LogP contribution in [0.15, 0.2) is 46.6 Å². The standard InChI is InChI=1S/C19H19ClN2O2.CH4.ClH/c1-11-18-13(14-9-12(20)4-5-15(14)22-18)6-7-19(11,10-17(23)24)16-3-2-8-21-16;;/h4-7,9,16,21H,2-3,8,10H2,1H3,(H,23,24);1H4;1H. The third-order valence-corrected chi connectivity index (χ3v) is 5.70. The number of hydrogen-bond acceptors (Lipinski definition) is 3. The fraction of sp³-hybridized carbons (Fsp3) is 0.400. The minimum absolute atomic E-state index is 0. The van der Waals surface area contributed by atoms with E-state index in [1.165, 1.54) is 0 Å². The lowest BCUT2D eigenvalue weighted by atomic mass is 9.67. The van der Waals surface area contributed by atoms with E-state index in [-0.39, 0.29) is 32.3 Å². The van der Waals surface area contributed by atoms with Crippen LogP contribution < -0.4 is 15.9 Å². The Morgan fingerprint density at radius 2 is 2.23 bits per heavy atom. The van der Waals surface area contributed by atoms with Crippen LogP contribution in [0.2, 0.25) is 5.02 Å². The van der Waals surface area contributed by atoms with Crippen LogP contribution >= 0.6 is 24.0 Å². The summed E-state index contributed by atoms with van der Waals surface area (Å²) in [4.78, 5) is 16.4. The van der Waals surface area contributed by atoms with Crippen molar-refractivity contribution >= 4 is 35.6 Å². The number of nitrogens with zero attached hydrogens (tertiary/aromatic N) is 1. The molecule has 2 heterocycles. The summed E-state index contributed by atoms with van der Waals surface area (Å²) >= 11 is 6.14. The first-order valence-corrected chi connectivity index (χ1v) is 8.64. The molecule has 0 radical (unpaired) electrons. The summed E-state index contributed by atoms with van der Waals surface area (Å²) in [5.41, 5.74) is 2.47. The van der Waals surface area contributed by atoms with E-state index < -0.39 is 11.4 Å². The zero-order valence-corrected chi connectivity index (χ0v) is 15.5. The molecular formula is C20H24Cl2N2O2. The van der Waals surface area contributed by atoms with Gasteiger partial charge in [-0.3, -0.25) is 4.79 Å². The number of benzene rings is 1. The topological polar surface area (TPSA) is 61.7 Å². The summed E-state index contributed by atoms with van der Waals surface area (Å²) in [6.07, 6.45) is 6.25. The van der Waals surface area contributed by atoms with Gasteiger partial charge < -0.3 is 10.4 Å². The second-order valence-electron chi connectivity index (χ2n) is 6.75. The molecule has 1 aromatic carbocycles. The first-order valence-electron chi connectivity index (χ1n) is 8.26. The molecule has 4 rings (SSSR count). The molecule has 0 spiro atoms. The number of halogens is 2. The number of carbonyl (C=O) groups is 1. The molecule has 0 bridgehead atoms. The molecule has 1 fully saturated rings. The van der Waals surface area contributed by atoms with Gasteiger partial charge in [-0.2, -0.15) is 0 Å². The van der Waals surface area contributed by atoms with E-state index in [1.54, 1.807) is 0 Å². The minimum atomic E-state index is -0.782. The first-order chi connectivity index (χ1) is 11.5. The van der Waals surface area contributed by atoms with Crippen molar-refractivity contribution in [1.82, 2.24) is 5.32 Å². The lowest BCUT2D eigenvalue weighted by Crippen LogP contribution is -2.44. The molecule has 3 aliphatic rings. The SMILES string of the molecule is C.CC1=C2N=c3ccc(Cl)cc3=C2C=CC1(CC(=O)O)C1CCCN1.Cl. The molecule has 140 valence electrons. The first kappa shape index (κ1) is 20.7. The van der Waals surface area contributed by atoms with Crippen LogP contribution in [0.1, 0.15) is 33.6 Å². The summed E-state index contributed by atoms with van der Waals surface area (Å²) < 4.78 is 0. The largest absolute Gasteiger partial charge is 0.481 e. The number of hydrogen-bond donors (Lipinski definition) is 2. The van der Waals surface area contributed by atoms with E-state index >= 15 is 0 Å². The zero-order chi connectivity index (χ0) is 16.9. The molecule has 2 N–H and O–H groups in total. The number of carboxylic acid groups (broad SMARTS) is 1. The highest BCUT2D eigenvalue weighted by Crippen LogP contribution is 2.46. The molecule has 4 nitrogen and oxygen atoms in total. The Morgan fingerprint density at radius 3 is 2.88 bits per heavy atom. The fourth-order valence-corrected chi connectivity index (χ4v) is 4.40. The monoisotopic (exact) mass is 394 g/mol. The molecule has 0 aromatic heterocycles. The van der Waals surface area contributed by atoms with Crippen LogP contribution in [0, 0.1) is 5.41 Å². The van der Waals surface area contributed by atoms with Crippen LogP contribution in [0.5, 0.6) is 0 Å². The van der Waals surface area contributed by atoms with Gasteiger partial charge in [-0.1, -0.05) is 31.2 Å². The molecule has 0 saturated carbocycles. The number of aliphatic carboxylic acids is 1. The van der Waals surface area contributed by atoms with Gasteiger partial charge in [0, 0.05) is 27.3 Å². The van der Waals surface area contributed by atoms with Crippen LogP contribution in [-0.2, 0) is 4.79 Å². The maximum Gasteiger partial charge on any atom is 0.304 e. The summed E-state index contributed by atoms with van der Waals surface area (Å²) in [5.74, 6) is -0.782. The van der Waals surface area contributed by atoms with Crippen molar-refractivity contribution < 1.29 is 9.90 Å². The highest BCUT2D eigenvalue weighted by molar-refractivity contribution is 6.30. The second kappa shape index (κ2) is 7.55. The Labute approximate surface area is 164 Å². The Hall–Kier alpha value is -1.62. The van der Waals surface area contributed by atoms with Crippen LogP contribution in [0.25, 0.3) is 5.57 Å². The summed E-state index contributed by atoms with van der Waals surface area (Å²) in [6.45, 7) is 2.96. The zero-order valence-electron chi connectivity index (χ0n) is 13.9. The highest BCUT2D eigenvalue weighted by Gasteiger charge is 2.44. The van der Waals surface area contributed by atoms with Crippen LogP contribution in [0.3, 0.4) is 0 Å². The number of rotatable bonds is 3. The van der Waals surface area contributed by atoms with E-state index in [1.807, 2.05) is 31.2 Å². The smallest absolute Gasteiger partial charge is 0.304 e. The van der Waals surface area contributed by atoms with E-state index in [0.717, 1.165) is 46.8 Å². The lowest BCUT2D eigenvalue weighted by Gasteiger charge is -2.39. The Morgan fingerprint density at radius 1 is 1.46 bits per heavy atom. The third-order valence-electron chi connectivity index (χ3n) is 5.46. The van der Waals surface area contributed by atoms with Crippen molar-refractivity contribution in [2.24, 2.45) is 10.4 Å². The lowest BCUT2D eigenvalue weighted by molar-refractivity contribution is -0.139. The fourth-order valence-electron chi connectivity index (χ4n) is 4.23. The predicted molar refractivity (Wildman–Crippen MR) is 107 cm³/mol. The molecule has 0 amide bonds. The summed E-state index contributed by atoms with van der Waals surface area (Å²) in [5, 5.41) is 15.6. The van der Waals surface area contributed by atoms with Crippen molar-refractivity contribution in [2.45, 2.75) is 39.7 Å². The van der Waals surface area contributed by atoms with E-state index in [0.29, 0.717) is 5.02 Å². The number of allylic oxidation sites excluding steroid dienone is 1. The van der Waals surface area contributed by atoms with Gasteiger partial charge in [0.1, 0.15) is 0 Å². The van der Waals surface area contributed by atoms with Crippen molar-refractivity contribution in [3.8, 4) is 0 Å². The minimum Gasteiger partial charge on any atom is -0.481 e. The van der Waals surface area contributed by atoms with Gasteiger partial charge in [0.25, 0.3) is 0 Å². The molecule has 6 heteroatoms. The van der Waals surface area contributed by atoms with Crippen molar-refractivity contribution in [1.29, 1.82) is 0 Å². The molecule has 2 atom stereocenters. The molecule has 2 unspecified atom stereocenters. The molecule has 26 heavy (non-hydrogen) atoms. The number of fused-ring (bicyclic) bond motifs is 2. The highest BCUT2D eigenvalue weighted by atomic mass is 35.5. The number of carboxylic acids is 1. The maximum atomic E-state index is 11.6. The molecular weight excluding hydrogens is 371 g/mol. The Bertz CT molecular complexity index is 914. The average molecular weight is 395 g/mol. The van der Waals surface area contributed by atoms with Crippen molar-refractivity contribution in [2.75, 3.05) is 6.54 Å². The van der Waals surface area contributed by atoms with Gasteiger partial charge in [-0.25, -0.2) is 4.99 Å². The predicted octanol–water partition coefficient (Wildman–Crippen LogP) is 3.24. The Balaban J connectivity index is 0.00000121. The van der Waals surface area contributed by atoms with Gasteiger partial charge in [0.15, 0.2) is 0 Å². The third kappa shape index (κ3) is 3.11. The second-order valence-corrected chi connectivity index (χ2v) is 7.19. The quantitative estimate of drug-likeness (QED) is 0.826. The average Bonchev–Trinajstić information content (AvgIpc) is 3.18. The van der Waals surface area contributed by atoms with E-state index in [9.17, 15) is 9.90 Å². The molecule has 2 aliphatic heterocycles. The van der Waals surface area contributed by atoms with Crippen molar-refractivity contribution in [3.63, 3.8) is 0 Å². The van der Waals surface area contributed by atoms with Crippen molar-refractivity contribution in [3.05, 3.63) is 57.2 Å². The molecule has 1 aliphatic carbocycles. The summed E-state index contributed by atoms with van der Waals surface area (Å²) in [7, 11) is 0.